The van der Waals surface area contributed by atoms with Crippen molar-refractivity contribution in [1.29, 1.82) is 0 Å². The van der Waals surface area contributed by atoms with Gasteiger partial charge < -0.3 is 16.2 Å². The minimum atomic E-state index is 0.273. The Morgan fingerprint density at radius 1 is 1.26 bits per heavy atom. The second-order valence-electron chi connectivity index (χ2n) is 4.22. The summed E-state index contributed by atoms with van der Waals surface area (Å²) >= 11 is 1.84. The zero-order chi connectivity index (χ0) is 13.5. The number of pyridine rings is 1. The van der Waals surface area contributed by atoms with Gasteiger partial charge in [-0.1, -0.05) is 12.1 Å². The molecule has 0 saturated heterocycles. The fraction of sp³-hybridized carbons (Fsp3) is 0.357. The van der Waals surface area contributed by atoms with Crippen molar-refractivity contribution >= 4 is 34.0 Å². The quantitative estimate of drug-likeness (QED) is 0.535. The summed E-state index contributed by atoms with van der Waals surface area (Å²) in [6, 6.07) is 7.81. The van der Waals surface area contributed by atoms with Crippen LogP contribution in [0, 0.1) is 0 Å². The largest absolute Gasteiger partial charge is 0.397 e. The molecule has 2 aromatic rings. The van der Waals surface area contributed by atoms with Crippen molar-refractivity contribution in [2.75, 3.05) is 35.7 Å². The summed E-state index contributed by atoms with van der Waals surface area (Å²) in [5.74, 6) is 2.02. The highest BCUT2D eigenvalue weighted by atomic mass is 32.2. The van der Waals surface area contributed by atoms with Crippen LogP contribution in [0.1, 0.15) is 6.42 Å². The molecule has 5 heteroatoms. The number of nitrogens with two attached hydrogens (primary N) is 1. The monoisotopic (exact) mass is 277 g/mol. The summed E-state index contributed by atoms with van der Waals surface area (Å²) in [6.07, 6.45) is 2.64. The van der Waals surface area contributed by atoms with Crippen LogP contribution in [0.15, 0.2) is 30.5 Å². The highest BCUT2D eigenvalue weighted by molar-refractivity contribution is 7.99. The molecule has 1 heterocycles. The molecule has 4 nitrogen and oxygen atoms in total. The van der Waals surface area contributed by atoms with E-state index < -0.39 is 0 Å². The predicted molar refractivity (Wildman–Crippen MR) is 83.7 cm³/mol. The lowest BCUT2D eigenvalue weighted by molar-refractivity contribution is 0.296. The van der Waals surface area contributed by atoms with Gasteiger partial charge in [0.2, 0.25) is 0 Å². The molecule has 0 unspecified atom stereocenters. The Kier molecular flexibility index (Phi) is 5.30. The number of aliphatic hydroxyl groups excluding tert-OH is 1. The van der Waals surface area contributed by atoms with Crippen LogP contribution in [0.2, 0.25) is 0 Å². The van der Waals surface area contributed by atoms with Gasteiger partial charge in [0.25, 0.3) is 0 Å². The summed E-state index contributed by atoms with van der Waals surface area (Å²) < 4.78 is 0. The van der Waals surface area contributed by atoms with Gasteiger partial charge in [0.05, 0.1) is 11.2 Å². The maximum absolute atomic E-state index is 8.70. The molecule has 0 fully saturated rings. The SMILES string of the molecule is Nc1cccc2c(NCCSCCCO)ccnc12. The van der Waals surface area contributed by atoms with Crippen LogP contribution >= 0.6 is 11.8 Å². The molecule has 0 aliphatic rings. The fourth-order valence-electron chi connectivity index (χ4n) is 1.88. The molecule has 0 bridgehead atoms. The second kappa shape index (κ2) is 7.21. The number of para-hydroxylation sites is 1. The van der Waals surface area contributed by atoms with Crippen LogP contribution in [0.5, 0.6) is 0 Å². The number of rotatable bonds is 7. The Morgan fingerprint density at radius 2 is 2.16 bits per heavy atom. The van der Waals surface area contributed by atoms with Gasteiger partial charge >= 0.3 is 0 Å². The summed E-state index contributed by atoms with van der Waals surface area (Å²) in [5.41, 5.74) is 8.54. The third-order valence-electron chi connectivity index (χ3n) is 2.81. The number of hydrogen-bond donors (Lipinski definition) is 3. The lowest BCUT2D eigenvalue weighted by atomic mass is 10.1. The molecular weight excluding hydrogens is 258 g/mol. The molecule has 1 aromatic carbocycles. The van der Waals surface area contributed by atoms with E-state index in [1.54, 1.807) is 6.20 Å². The molecule has 102 valence electrons. The number of thioether (sulfide) groups is 1. The summed E-state index contributed by atoms with van der Waals surface area (Å²) in [7, 11) is 0. The number of nitrogen functional groups attached to an aromatic ring is 1. The first-order valence-electron chi connectivity index (χ1n) is 6.38. The molecule has 4 N–H and O–H groups in total. The van der Waals surface area contributed by atoms with Gasteiger partial charge in [0, 0.05) is 36.2 Å². The summed E-state index contributed by atoms with van der Waals surface area (Å²) in [4.78, 5) is 4.31. The normalized spacial score (nSPS) is 10.8. The Balaban J connectivity index is 1.95. The molecule has 1 aromatic heterocycles. The van der Waals surface area contributed by atoms with Gasteiger partial charge in [0.15, 0.2) is 0 Å². The standard InChI is InChI=1S/C14H19N3OS/c15-12-4-1-3-11-13(5-6-17-14(11)12)16-7-10-19-9-2-8-18/h1,3-6,18H,2,7-10,15H2,(H,16,17). The molecule has 0 spiro atoms. The third-order valence-corrected chi connectivity index (χ3v) is 3.88. The zero-order valence-corrected chi connectivity index (χ0v) is 11.6. The maximum Gasteiger partial charge on any atom is 0.0951 e. The first-order chi connectivity index (χ1) is 9.33. The van der Waals surface area contributed by atoms with Crippen LogP contribution in [0.4, 0.5) is 11.4 Å². The van der Waals surface area contributed by atoms with Crippen molar-refractivity contribution < 1.29 is 5.11 Å². The molecule has 19 heavy (non-hydrogen) atoms. The molecule has 0 aliphatic carbocycles. The second-order valence-corrected chi connectivity index (χ2v) is 5.44. The smallest absolute Gasteiger partial charge is 0.0951 e. The van der Waals surface area contributed by atoms with E-state index in [9.17, 15) is 0 Å². The molecule has 2 rings (SSSR count). The lowest BCUT2D eigenvalue weighted by Gasteiger charge is -2.10. The Morgan fingerprint density at radius 3 is 3.00 bits per heavy atom. The van der Waals surface area contributed by atoms with E-state index in [1.807, 2.05) is 36.0 Å². The van der Waals surface area contributed by atoms with E-state index in [-0.39, 0.29) is 6.61 Å². The van der Waals surface area contributed by atoms with Crippen LogP contribution < -0.4 is 11.1 Å². The number of hydrogen-bond acceptors (Lipinski definition) is 5. The van der Waals surface area contributed by atoms with Crippen LogP contribution in [-0.2, 0) is 0 Å². The summed E-state index contributed by atoms with van der Waals surface area (Å²) in [6.45, 7) is 1.17. The van der Waals surface area contributed by atoms with Crippen molar-refractivity contribution in [1.82, 2.24) is 4.98 Å². The van der Waals surface area contributed by atoms with E-state index in [0.29, 0.717) is 5.69 Å². The number of benzene rings is 1. The highest BCUT2D eigenvalue weighted by Gasteiger charge is 2.03. The van der Waals surface area contributed by atoms with E-state index in [4.69, 9.17) is 10.8 Å². The Bertz CT molecular complexity index is 533. The predicted octanol–water partition coefficient (Wildman–Crippen LogP) is 2.34. The molecular formula is C14H19N3OS. The topological polar surface area (TPSA) is 71.2 Å². The minimum Gasteiger partial charge on any atom is -0.397 e. The van der Waals surface area contributed by atoms with Crippen molar-refractivity contribution in [3.63, 3.8) is 0 Å². The zero-order valence-electron chi connectivity index (χ0n) is 10.8. The van der Waals surface area contributed by atoms with Crippen molar-refractivity contribution in [3.8, 4) is 0 Å². The maximum atomic E-state index is 8.70. The summed E-state index contributed by atoms with van der Waals surface area (Å²) in [5, 5.41) is 13.2. The van der Waals surface area contributed by atoms with Crippen molar-refractivity contribution in [2.45, 2.75) is 6.42 Å². The highest BCUT2D eigenvalue weighted by Crippen LogP contribution is 2.25. The van der Waals surface area contributed by atoms with Gasteiger partial charge in [-0.15, -0.1) is 0 Å². The average Bonchev–Trinajstić information content (AvgIpc) is 2.43. The van der Waals surface area contributed by atoms with E-state index >= 15 is 0 Å². The van der Waals surface area contributed by atoms with Crippen LogP contribution in [0.25, 0.3) is 10.9 Å². The number of nitrogens with zero attached hydrogens (tertiary/aromatic N) is 1. The third kappa shape index (κ3) is 3.75. The van der Waals surface area contributed by atoms with Gasteiger partial charge in [-0.05, 0) is 24.3 Å². The van der Waals surface area contributed by atoms with E-state index in [2.05, 4.69) is 10.3 Å². The van der Waals surface area contributed by atoms with Gasteiger partial charge in [-0.2, -0.15) is 11.8 Å². The van der Waals surface area contributed by atoms with Crippen LogP contribution in [-0.4, -0.2) is 34.7 Å². The van der Waals surface area contributed by atoms with Crippen LogP contribution in [0.3, 0.4) is 0 Å². The van der Waals surface area contributed by atoms with E-state index in [1.165, 1.54) is 0 Å². The molecule has 0 atom stereocenters. The first kappa shape index (κ1) is 14.0. The Labute approximate surface area is 117 Å². The van der Waals surface area contributed by atoms with Crippen molar-refractivity contribution in [3.05, 3.63) is 30.5 Å². The first-order valence-corrected chi connectivity index (χ1v) is 7.54. The molecule has 0 radical (unpaired) electrons. The lowest BCUT2D eigenvalue weighted by Crippen LogP contribution is -2.05. The Hall–Kier alpha value is -1.46. The minimum absolute atomic E-state index is 0.273. The van der Waals surface area contributed by atoms with Gasteiger partial charge in [0.1, 0.15) is 0 Å². The molecule has 0 amide bonds. The number of fused-ring (bicyclic) bond motifs is 1. The number of nitrogens with one attached hydrogen (secondary N) is 1. The molecule has 0 saturated carbocycles. The van der Waals surface area contributed by atoms with E-state index in [0.717, 1.165) is 41.1 Å². The van der Waals surface area contributed by atoms with Gasteiger partial charge in [-0.25, -0.2) is 0 Å². The number of anilines is 2. The number of aromatic nitrogens is 1. The average molecular weight is 277 g/mol. The van der Waals surface area contributed by atoms with Crippen molar-refractivity contribution in [2.24, 2.45) is 0 Å². The molecule has 0 aliphatic heterocycles. The number of aliphatic hydroxyl groups is 1. The fourth-order valence-corrected chi connectivity index (χ4v) is 2.66. The van der Waals surface area contributed by atoms with Gasteiger partial charge in [-0.3, -0.25) is 4.98 Å².